The van der Waals surface area contributed by atoms with Crippen molar-refractivity contribution in [2.75, 3.05) is 12.8 Å². The number of benzene rings is 2. The normalized spacial score (nSPS) is 11.7. The SMILES string of the molecule is CNC(=O)[C@@H](C)N(Cc1ccccc1C)C(=O)CSCc1cccc(Cl)c1. The molecule has 0 aliphatic carbocycles. The fourth-order valence-electron chi connectivity index (χ4n) is 2.73. The predicted molar refractivity (Wildman–Crippen MR) is 113 cm³/mol. The van der Waals surface area contributed by atoms with Crippen molar-refractivity contribution in [1.29, 1.82) is 0 Å². The summed E-state index contributed by atoms with van der Waals surface area (Å²) in [6.07, 6.45) is 0. The number of likely N-dealkylation sites (N-methyl/N-ethyl adjacent to an activating group) is 1. The van der Waals surface area contributed by atoms with Gasteiger partial charge in [-0.15, -0.1) is 11.8 Å². The lowest BCUT2D eigenvalue weighted by atomic mass is 10.1. The number of nitrogens with one attached hydrogen (secondary N) is 1. The van der Waals surface area contributed by atoms with Crippen molar-refractivity contribution < 1.29 is 9.59 Å². The lowest BCUT2D eigenvalue weighted by Gasteiger charge is -2.29. The summed E-state index contributed by atoms with van der Waals surface area (Å²) in [4.78, 5) is 26.7. The minimum atomic E-state index is -0.533. The van der Waals surface area contributed by atoms with Gasteiger partial charge in [0.25, 0.3) is 0 Å². The van der Waals surface area contributed by atoms with E-state index in [0.717, 1.165) is 16.7 Å². The molecule has 0 aliphatic heterocycles. The van der Waals surface area contributed by atoms with E-state index in [0.29, 0.717) is 23.1 Å². The maximum atomic E-state index is 12.9. The molecule has 0 heterocycles. The van der Waals surface area contributed by atoms with E-state index in [2.05, 4.69) is 5.32 Å². The Morgan fingerprint density at radius 1 is 1.19 bits per heavy atom. The summed E-state index contributed by atoms with van der Waals surface area (Å²) in [5, 5.41) is 3.32. The summed E-state index contributed by atoms with van der Waals surface area (Å²) in [5.74, 6) is 0.775. The van der Waals surface area contributed by atoms with Gasteiger partial charge in [0.05, 0.1) is 5.75 Å². The first-order chi connectivity index (χ1) is 12.9. The second-order valence-corrected chi connectivity index (χ2v) is 7.78. The standard InChI is InChI=1S/C21H25ClN2O2S/c1-15-7-4-5-9-18(15)12-24(16(2)21(26)23-3)20(25)14-27-13-17-8-6-10-19(22)11-17/h4-11,16H,12-14H2,1-3H3,(H,23,26)/t16-/m1/s1. The molecule has 0 unspecified atom stereocenters. The molecule has 0 radical (unpaired) electrons. The maximum absolute atomic E-state index is 12.9. The zero-order chi connectivity index (χ0) is 19.8. The topological polar surface area (TPSA) is 49.4 Å². The molecule has 2 rings (SSSR count). The van der Waals surface area contributed by atoms with E-state index in [9.17, 15) is 9.59 Å². The highest BCUT2D eigenvalue weighted by Gasteiger charge is 2.25. The van der Waals surface area contributed by atoms with Crippen LogP contribution in [0.25, 0.3) is 0 Å². The van der Waals surface area contributed by atoms with Gasteiger partial charge in [-0.05, 0) is 42.7 Å². The highest BCUT2D eigenvalue weighted by atomic mass is 35.5. The molecular formula is C21H25ClN2O2S. The van der Waals surface area contributed by atoms with Gasteiger partial charge in [-0.3, -0.25) is 9.59 Å². The van der Waals surface area contributed by atoms with Crippen LogP contribution >= 0.6 is 23.4 Å². The Morgan fingerprint density at radius 3 is 2.59 bits per heavy atom. The quantitative estimate of drug-likeness (QED) is 0.722. The number of nitrogens with zero attached hydrogens (tertiary/aromatic N) is 1. The average Bonchev–Trinajstić information content (AvgIpc) is 2.66. The van der Waals surface area contributed by atoms with E-state index in [1.165, 1.54) is 11.8 Å². The third-order valence-electron chi connectivity index (χ3n) is 4.40. The third-order valence-corrected chi connectivity index (χ3v) is 5.62. The Kier molecular flexibility index (Phi) is 8.20. The largest absolute Gasteiger partial charge is 0.357 e. The van der Waals surface area contributed by atoms with Crippen LogP contribution in [-0.2, 0) is 21.9 Å². The molecule has 0 bridgehead atoms. The molecule has 1 atom stereocenters. The van der Waals surface area contributed by atoms with Gasteiger partial charge < -0.3 is 10.2 Å². The first-order valence-corrected chi connectivity index (χ1v) is 10.3. The van der Waals surface area contributed by atoms with Crippen molar-refractivity contribution in [3.8, 4) is 0 Å². The van der Waals surface area contributed by atoms with Crippen molar-refractivity contribution in [2.24, 2.45) is 0 Å². The third kappa shape index (κ3) is 6.29. The number of amides is 2. The van der Waals surface area contributed by atoms with Gasteiger partial charge in [-0.2, -0.15) is 0 Å². The molecule has 0 aromatic heterocycles. The molecule has 2 aromatic carbocycles. The van der Waals surface area contributed by atoms with E-state index in [4.69, 9.17) is 11.6 Å². The minimum Gasteiger partial charge on any atom is -0.357 e. The number of hydrogen-bond acceptors (Lipinski definition) is 3. The molecule has 144 valence electrons. The molecule has 4 nitrogen and oxygen atoms in total. The summed E-state index contributed by atoms with van der Waals surface area (Å²) in [7, 11) is 1.59. The molecule has 0 saturated carbocycles. The molecule has 0 aliphatic rings. The van der Waals surface area contributed by atoms with Crippen molar-refractivity contribution in [3.05, 3.63) is 70.2 Å². The Morgan fingerprint density at radius 2 is 1.93 bits per heavy atom. The molecule has 0 spiro atoms. The van der Waals surface area contributed by atoms with Gasteiger partial charge in [0, 0.05) is 24.4 Å². The number of hydrogen-bond donors (Lipinski definition) is 1. The van der Waals surface area contributed by atoms with Crippen molar-refractivity contribution in [2.45, 2.75) is 32.2 Å². The zero-order valence-electron chi connectivity index (χ0n) is 15.9. The average molecular weight is 405 g/mol. The first-order valence-electron chi connectivity index (χ1n) is 8.80. The van der Waals surface area contributed by atoms with Crippen LogP contribution in [0.3, 0.4) is 0 Å². The van der Waals surface area contributed by atoms with Crippen molar-refractivity contribution in [3.63, 3.8) is 0 Å². The Labute approximate surface area is 170 Å². The van der Waals surface area contributed by atoms with E-state index in [1.54, 1.807) is 18.9 Å². The minimum absolute atomic E-state index is 0.0543. The fraction of sp³-hybridized carbons (Fsp3) is 0.333. The maximum Gasteiger partial charge on any atom is 0.242 e. The van der Waals surface area contributed by atoms with Crippen LogP contribution < -0.4 is 5.32 Å². The molecule has 2 aromatic rings. The van der Waals surface area contributed by atoms with Crippen LogP contribution in [0, 0.1) is 6.92 Å². The van der Waals surface area contributed by atoms with Crippen molar-refractivity contribution >= 4 is 35.2 Å². The van der Waals surface area contributed by atoms with Gasteiger partial charge in [0.2, 0.25) is 11.8 Å². The molecular weight excluding hydrogens is 380 g/mol. The number of thioether (sulfide) groups is 1. The smallest absolute Gasteiger partial charge is 0.242 e. The summed E-state index contributed by atoms with van der Waals surface area (Å²) < 4.78 is 0. The van der Waals surface area contributed by atoms with Gasteiger partial charge >= 0.3 is 0 Å². The molecule has 6 heteroatoms. The molecule has 0 saturated heterocycles. The van der Waals surface area contributed by atoms with Crippen LogP contribution in [0.4, 0.5) is 0 Å². The van der Waals surface area contributed by atoms with Crippen LogP contribution in [0.1, 0.15) is 23.6 Å². The number of carbonyl (C=O) groups excluding carboxylic acids is 2. The predicted octanol–water partition coefficient (Wildman–Crippen LogP) is 4.04. The Hall–Kier alpha value is -1.98. The second-order valence-electron chi connectivity index (χ2n) is 6.36. The summed E-state index contributed by atoms with van der Waals surface area (Å²) in [5.41, 5.74) is 3.22. The van der Waals surface area contributed by atoms with Crippen LogP contribution in [0.2, 0.25) is 5.02 Å². The monoisotopic (exact) mass is 404 g/mol. The fourth-order valence-corrected chi connectivity index (χ4v) is 3.80. The number of halogens is 1. The van der Waals surface area contributed by atoms with E-state index >= 15 is 0 Å². The molecule has 0 fully saturated rings. The van der Waals surface area contributed by atoms with Gasteiger partial charge in [-0.1, -0.05) is 48.0 Å². The number of carbonyl (C=O) groups is 2. The number of aryl methyl sites for hydroxylation is 1. The first kappa shape index (κ1) is 21.3. The molecule has 27 heavy (non-hydrogen) atoms. The highest BCUT2D eigenvalue weighted by Crippen LogP contribution is 2.19. The zero-order valence-corrected chi connectivity index (χ0v) is 17.4. The van der Waals surface area contributed by atoms with Gasteiger partial charge in [0.1, 0.15) is 6.04 Å². The Bertz CT molecular complexity index is 797. The molecule has 1 N–H and O–H groups in total. The van der Waals surface area contributed by atoms with Crippen LogP contribution in [-0.4, -0.2) is 35.6 Å². The van der Waals surface area contributed by atoms with E-state index < -0.39 is 6.04 Å². The summed E-state index contributed by atoms with van der Waals surface area (Å²) >= 11 is 7.53. The molecule has 2 amide bonds. The van der Waals surface area contributed by atoms with Crippen LogP contribution in [0.5, 0.6) is 0 Å². The lowest BCUT2D eigenvalue weighted by Crippen LogP contribution is -2.47. The van der Waals surface area contributed by atoms with Gasteiger partial charge in [-0.25, -0.2) is 0 Å². The van der Waals surface area contributed by atoms with Crippen LogP contribution in [0.15, 0.2) is 48.5 Å². The summed E-state index contributed by atoms with van der Waals surface area (Å²) in [6, 6.07) is 15.0. The second kappa shape index (κ2) is 10.4. The van der Waals surface area contributed by atoms with Crippen molar-refractivity contribution in [1.82, 2.24) is 10.2 Å². The number of rotatable bonds is 8. The lowest BCUT2D eigenvalue weighted by molar-refractivity contribution is -0.138. The van der Waals surface area contributed by atoms with E-state index in [-0.39, 0.29) is 11.8 Å². The Balaban J connectivity index is 2.06. The highest BCUT2D eigenvalue weighted by molar-refractivity contribution is 7.99. The van der Waals surface area contributed by atoms with E-state index in [1.807, 2.05) is 55.5 Å². The van der Waals surface area contributed by atoms with Gasteiger partial charge in [0.15, 0.2) is 0 Å². The summed E-state index contributed by atoms with van der Waals surface area (Å²) in [6.45, 7) is 4.19.